The van der Waals surface area contributed by atoms with Crippen molar-refractivity contribution in [3.63, 3.8) is 0 Å². The van der Waals surface area contributed by atoms with Crippen LogP contribution in [0.2, 0.25) is 0 Å². The van der Waals surface area contributed by atoms with E-state index in [1.165, 1.54) is 16.8 Å². The summed E-state index contributed by atoms with van der Waals surface area (Å²) in [6.45, 7) is 0.960. The van der Waals surface area contributed by atoms with Gasteiger partial charge in [-0.05, 0) is 0 Å². The van der Waals surface area contributed by atoms with E-state index in [-0.39, 0.29) is 23.9 Å². The normalized spacial score (nSPS) is 16.6. The number of imidazole rings is 1. The van der Waals surface area contributed by atoms with Crippen LogP contribution >= 0.6 is 0 Å². The minimum atomic E-state index is -4.51. The fourth-order valence-corrected chi connectivity index (χ4v) is 2.09. The Bertz CT molecular complexity index is 666. The van der Waals surface area contributed by atoms with Crippen LogP contribution in [-0.2, 0) is 11.0 Å². The van der Waals surface area contributed by atoms with Crippen molar-refractivity contribution >= 4 is 17.4 Å². The van der Waals surface area contributed by atoms with Crippen LogP contribution in [0.5, 0.6) is 0 Å². The van der Waals surface area contributed by atoms with Crippen molar-refractivity contribution in [1.82, 2.24) is 19.7 Å². The lowest BCUT2D eigenvalue weighted by molar-refractivity contribution is -0.140. The van der Waals surface area contributed by atoms with Crippen LogP contribution in [0, 0.1) is 0 Å². The molecule has 1 amide bonds. The first kappa shape index (κ1) is 12.7. The molecule has 0 saturated carbocycles. The Morgan fingerprint density at radius 1 is 1.35 bits per heavy atom. The molecule has 1 N–H and O–H groups in total. The highest BCUT2D eigenvalue weighted by molar-refractivity contribution is 5.83. The predicted octanol–water partition coefficient (Wildman–Crippen LogP) is 0.684. The maximum absolute atomic E-state index is 12.7. The number of rotatable bonds is 1. The summed E-state index contributed by atoms with van der Waals surface area (Å²) >= 11 is 0. The summed E-state index contributed by atoms with van der Waals surface area (Å²) in [6, 6.07) is 0. The van der Waals surface area contributed by atoms with Crippen molar-refractivity contribution < 1.29 is 18.0 Å². The molecule has 9 heteroatoms. The lowest BCUT2D eigenvalue weighted by Crippen LogP contribution is -2.48. The maximum atomic E-state index is 12.7. The van der Waals surface area contributed by atoms with E-state index in [0.717, 1.165) is 6.20 Å². The lowest BCUT2D eigenvalue weighted by Gasteiger charge is -2.27. The summed E-state index contributed by atoms with van der Waals surface area (Å²) < 4.78 is 39.3. The van der Waals surface area contributed by atoms with Gasteiger partial charge in [0, 0.05) is 31.7 Å². The largest absolute Gasteiger partial charge is 0.434 e. The van der Waals surface area contributed by atoms with Crippen molar-refractivity contribution in [2.75, 3.05) is 24.5 Å². The van der Waals surface area contributed by atoms with E-state index in [9.17, 15) is 18.0 Å². The average Bonchev–Trinajstić information content (AvgIpc) is 2.82. The first-order valence-corrected chi connectivity index (χ1v) is 5.88. The van der Waals surface area contributed by atoms with Gasteiger partial charge < -0.3 is 14.6 Å². The van der Waals surface area contributed by atoms with Gasteiger partial charge in [0.05, 0.1) is 6.54 Å². The number of hydrogen-bond acceptors (Lipinski definition) is 4. The van der Waals surface area contributed by atoms with Gasteiger partial charge in [-0.3, -0.25) is 4.79 Å². The standard InChI is InChI=1S/C11H10F3N5O/c12-11(13,14)7-5-18-4-2-16-9(10(18)17-7)19-3-1-15-8(20)6-19/h2,4-5H,1,3,6H2,(H,15,20). The number of carbonyl (C=O) groups is 1. The number of fused-ring (bicyclic) bond motifs is 1. The number of nitrogens with one attached hydrogen (secondary N) is 1. The number of anilines is 1. The van der Waals surface area contributed by atoms with Gasteiger partial charge in [0.25, 0.3) is 0 Å². The molecule has 20 heavy (non-hydrogen) atoms. The van der Waals surface area contributed by atoms with E-state index in [1.54, 1.807) is 4.90 Å². The summed E-state index contributed by atoms with van der Waals surface area (Å²) in [4.78, 5) is 20.6. The van der Waals surface area contributed by atoms with Crippen LogP contribution in [0.3, 0.4) is 0 Å². The van der Waals surface area contributed by atoms with Crippen LogP contribution in [0.25, 0.3) is 5.65 Å². The van der Waals surface area contributed by atoms with Crippen LogP contribution in [0.15, 0.2) is 18.6 Å². The molecule has 0 bridgehead atoms. The van der Waals surface area contributed by atoms with E-state index in [1.807, 2.05) is 0 Å². The van der Waals surface area contributed by atoms with Crippen molar-refractivity contribution in [1.29, 1.82) is 0 Å². The smallest absolute Gasteiger partial charge is 0.353 e. The highest BCUT2D eigenvalue weighted by Gasteiger charge is 2.34. The number of aromatic nitrogens is 3. The first-order chi connectivity index (χ1) is 9.45. The van der Waals surface area contributed by atoms with Gasteiger partial charge >= 0.3 is 6.18 Å². The zero-order valence-electron chi connectivity index (χ0n) is 10.2. The first-order valence-electron chi connectivity index (χ1n) is 5.88. The molecule has 2 aromatic heterocycles. The van der Waals surface area contributed by atoms with Gasteiger partial charge in [0.2, 0.25) is 5.91 Å². The van der Waals surface area contributed by atoms with Crippen molar-refractivity contribution in [3.05, 3.63) is 24.3 Å². The second-order valence-electron chi connectivity index (χ2n) is 4.38. The minimum absolute atomic E-state index is 0.0564. The lowest BCUT2D eigenvalue weighted by atomic mass is 10.3. The maximum Gasteiger partial charge on any atom is 0.434 e. The number of halogens is 3. The zero-order chi connectivity index (χ0) is 14.3. The minimum Gasteiger partial charge on any atom is -0.353 e. The van der Waals surface area contributed by atoms with Crippen LogP contribution in [-0.4, -0.2) is 39.9 Å². The quantitative estimate of drug-likeness (QED) is 0.837. The molecule has 1 saturated heterocycles. The fraction of sp³-hybridized carbons (Fsp3) is 0.364. The summed E-state index contributed by atoms with van der Waals surface area (Å²) in [7, 11) is 0. The Balaban J connectivity index is 2.07. The van der Waals surface area contributed by atoms with Gasteiger partial charge in [-0.1, -0.05) is 0 Å². The Morgan fingerprint density at radius 2 is 2.15 bits per heavy atom. The molecule has 3 heterocycles. The SMILES string of the molecule is O=C1CN(c2nccn3cc(C(F)(F)F)nc23)CCN1. The number of amides is 1. The number of nitrogens with zero attached hydrogens (tertiary/aromatic N) is 4. The molecule has 0 radical (unpaired) electrons. The molecule has 0 spiro atoms. The van der Waals surface area contributed by atoms with E-state index in [4.69, 9.17) is 0 Å². The van der Waals surface area contributed by atoms with Gasteiger partial charge in [-0.15, -0.1) is 0 Å². The molecular weight excluding hydrogens is 275 g/mol. The third kappa shape index (κ3) is 2.15. The Kier molecular flexibility index (Phi) is 2.77. The molecule has 1 aliphatic rings. The van der Waals surface area contributed by atoms with Crippen molar-refractivity contribution in [3.8, 4) is 0 Å². The van der Waals surface area contributed by atoms with Crippen molar-refractivity contribution in [2.45, 2.75) is 6.18 Å². The summed E-state index contributed by atoms with van der Waals surface area (Å²) in [6.07, 6.45) is -0.825. The average molecular weight is 285 g/mol. The molecule has 0 aromatic carbocycles. The van der Waals surface area contributed by atoms with Crippen molar-refractivity contribution in [2.24, 2.45) is 0 Å². The Morgan fingerprint density at radius 3 is 2.85 bits per heavy atom. The number of carbonyl (C=O) groups excluding carboxylic acids is 1. The van der Waals surface area contributed by atoms with Gasteiger partial charge in [-0.2, -0.15) is 13.2 Å². The van der Waals surface area contributed by atoms with Crippen LogP contribution < -0.4 is 10.2 Å². The van der Waals surface area contributed by atoms with Gasteiger partial charge in [0.15, 0.2) is 17.2 Å². The Labute approximate surface area is 111 Å². The molecule has 3 rings (SSSR count). The number of hydrogen-bond donors (Lipinski definition) is 1. The van der Waals surface area contributed by atoms with Crippen LogP contribution in [0.1, 0.15) is 5.69 Å². The van der Waals surface area contributed by atoms with Gasteiger partial charge in [0.1, 0.15) is 0 Å². The second-order valence-corrected chi connectivity index (χ2v) is 4.38. The van der Waals surface area contributed by atoms with E-state index < -0.39 is 11.9 Å². The second kappa shape index (κ2) is 4.36. The molecule has 1 aliphatic heterocycles. The monoisotopic (exact) mass is 285 g/mol. The third-order valence-corrected chi connectivity index (χ3v) is 2.98. The third-order valence-electron chi connectivity index (χ3n) is 2.98. The molecule has 6 nitrogen and oxygen atoms in total. The fourth-order valence-electron chi connectivity index (χ4n) is 2.09. The molecule has 2 aromatic rings. The molecule has 106 valence electrons. The van der Waals surface area contributed by atoms with Crippen LogP contribution in [0.4, 0.5) is 19.0 Å². The van der Waals surface area contributed by atoms with Gasteiger partial charge in [-0.25, -0.2) is 9.97 Å². The number of piperazine rings is 1. The molecule has 0 unspecified atom stereocenters. The molecular formula is C11H10F3N5O. The Hall–Kier alpha value is -2.32. The summed E-state index contributed by atoms with van der Waals surface area (Å²) in [5, 5.41) is 2.64. The number of alkyl halides is 3. The zero-order valence-corrected chi connectivity index (χ0v) is 10.2. The topological polar surface area (TPSA) is 62.5 Å². The predicted molar refractivity (Wildman–Crippen MR) is 63.2 cm³/mol. The van der Waals surface area contributed by atoms with E-state index >= 15 is 0 Å². The molecule has 0 atom stereocenters. The summed E-state index contributed by atoms with van der Waals surface area (Å²) in [5.41, 5.74) is -0.886. The molecule has 1 fully saturated rings. The highest BCUT2D eigenvalue weighted by atomic mass is 19.4. The molecule has 0 aliphatic carbocycles. The summed E-state index contributed by atoms with van der Waals surface area (Å²) in [5.74, 6) is 0.0838. The van der Waals surface area contributed by atoms with E-state index in [2.05, 4.69) is 15.3 Å². The van der Waals surface area contributed by atoms with E-state index in [0.29, 0.717) is 13.1 Å². The highest BCUT2D eigenvalue weighted by Crippen LogP contribution is 2.30.